The SMILES string of the molecule is NC(CF)NCCC[C@H](NC(=O)c1cccc(N2CCCC2)c1)c1ncc(-c2ccccc2)o1. The third kappa shape index (κ3) is 6.21. The highest BCUT2D eigenvalue weighted by molar-refractivity contribution is 5.95. The number of hydrogen-bond acceptors (Lipinski definition) is 6. The van der Waals surface area contributed by atoms with Crippen LogP contribution in [0.3, 0.4) is 0 Å². The Bertz CT molecular complexity index is 1050. The van der Waals surface area contributed by atoms with Crippen LogP contribution in [-0.2, 0) is 0 Å². The molecule has 3 aromatic rings. The summed E-state index contributed by atoms with van der Waals surface area (Å²) in [5, 5.41) is 6.01. The Kier molecular flexibility index (Phi) is 8.27. The molecule has 0 bridgehead atoms. The highest BCUT2D eigenvalue weighted by Crippen LogP contribution is 2.26. The van der Waals surface area contributed by atoms with Crippen LogP contribution in [0.15, 0.2) is 65.2 Å². The maximum absolute atomic E-state index is 13.2. The van der Waals surface area contributed by atoms with Crippen molar-refractivity contribution in [3.8, 4) is 11.3 Å². The predicted octanol–water partition coefficient (Wildman–Crippen LogP) is 4.04. The number of nitrogens with two attached hydrogens (primary N) is 1. The van der Waals surface area contributed by atoms with Gasteiger partial charge in [-0.3, -0.25) is 10.1 Å². The molecule has 1 unspecified atom stereocenters. The van der Waals surface area contributed by atoms with Crippen LogP contribution in [0.1, 0.15) is 48.0 Å². The Balaban J connectivity index is 1.48. The first-order valence-electron chi connectivity index (χ1n) is 11.9. The molecule has 0 radical (unpaired) electrons. The van der Waals surface area contributed by atoms with Crippen molar-refractivity contribution in [1.29, 1.82) is 0 Å². The number of nitrogens with zero attached hydrogens (tertiary/aromatic N) is 2. The quantitative estimate of drug-likeness (QED) is 0.292. The second-order valence-electron chi connectivity index (χ2n) is 8.56. The largest absolute Gasteiger partial charge is 0.438 e. The van der Waals surface area contributed by atoms with Gasteiger partial charge in [0.05, 0.1) is 12.4 Å². The van der Waals surface area contributed by atoms with E-state index in [1.165, 1.54) is 12.8 Å². The molecule has 0 spiro atoms. The number of anilines is 1. The minimum absolute atomic E-state index is 0.182. The molecule has 2 aromatic carbocycles. The van der Waals surface area contributed by atoms with Crippen molar-refractivity contribution in [3.63, 3.8) is 0 Å². The second-order valence-corrected chi connectivity index (χ2v) is 8.56. The van der Waals surface area contributed by atoms with Gasteiger partial charge in [-0.25, -0.2) is 9.37 Å². The van der Waals surface area contributed by atoms with E-state index in [0.717, 1.165) is 24.3 Å². The number of hydrogen-bond donors (Lipinski definition) is 3. The van der Waals surface area contributed by atoms with Gasteiger partial charge < -0.3 is 20.4 Å². The average molecular weight is 466 g/mol. The zero-order valence-corrected chi connectivity index (χ0v) is 19.3. The number of aromatic nitrogens is 1. The first-order chi connectivity index (χ1) is 16.6. The summed E-state index contributed by atoms with van der Waals surface area (Å²) in [6.45, 7) is 1.92. The molecule has 0 aliphatic carbocycles. The molecule has 1 saturated heterocycles. The van der Waals surface area contributed by atoms with Gasteiger partial charge in [-0.1, -0.05) is 36.4 Å². The van der Waals surface area contributed by atoms with E-state index >= 15 is 0 Å². The highest BCUT2D eigenvalue weighted by Gasteiger charge is 2.22. The lowest BCUT2D eigenvalue weighted by molar-refractivity contribution is 0.0927. The molecule has 0 saturated carbocycles. The maximum atomic E-state index is 13.2. The van der Waals surface area contributed by atoms with Crippen LogP contribution in [0.4, 0.5) is 10.1 Å². The number of amides is 1. The Morgan fingerprint density at radius 1 is 1.15 bits per heavy atom. The Morgan fingerprint density at radius 3 is 2.71 bits per heavy atom. The summed E-state index contributed by atoms with van der Waals surface area (Å²) in [6.07, 6.45) is 4.56. The molecule has 1 aliphatic heterocycles. The Labute approximate surface area is 199 Å². The normalized spacial score (nSPS) is 15.3. The van der Waals surface area contributed by atoms with Crippen molar-refractivity contribution < 1.29 is 13.6 Å². The fourth-order valence-electron chi connectivity index (χ4n) is 4.15. The number of carbonyl (C=O) groups is 1. The topological polar surface area (TPSA) is 96.4 Å². The Hall–Kier alpha value is -3.23. The van der Waals surface area contributed by atoms with Gasteiger partial charge in [0.25, 0.3) is 5.91 Å². The van der Waals surface area contributed by atoms with Gasteiger partial charge in [-0.15, -0.1) is 0 Å². The van der Waals surface area contributed by atoms with Crippen molar-refractivity contribution in [2.24, 2.45) is 5.73 Å². The fraction of sp³-hybridized carbons (Fsp3) is 0.385. The molecule has 180 valence electrons. The number of benzene rings is 2. The third-order valence-electron chi connectivity index (χ3n) is 6.01. The summed E-state index contributed by atoms with van der Waals surface area (Å²) in [5.74, 6) is 0.903. The second kappa shape index (κ2) is 11.8. The van der Waals surface area contributed by atoms with Gasteiger partial charge in [0.2, 0.25) is 5.89 Å². The van der Waals surface area contributed by atoms with Gasteiger partial charge >= 0.3 is 0 Å². The lowest BCUT2D eigenvalue weighted by atomic mass is 10.1. The molecule has 4 rings (SSSR count). The number of oxazole rings is 1. The summed E-state index contributed by atoms with van der Waals surface area (Å²) in [5.41, 5.74) is 8.18. The molecule has 8 heteroatoms. The zero-order chi connectivity index (χ0) is 23.8. The number of rotatable bonds is 11. The van der Waals surface area contributed by atoms with Crippen LogP contribution < -0.4 is 21.3 Å². The van der Waals surface area contributed by atoms with Gasteiger partial charge in [0, 0.05) is 29.9 Å². The number of halogens is 1. The van der Waals surface area contributed by atoms with E-state index in [0.29, 0.717) is 36.6 Å². The standard InChI is InChI=1S/C26H32FN5O2/c27-17-24(28)29-13-7-12-22(26-30-18-23(34-26)19-8-2-1-3-9-19)31-25(33)20-10-6-11-21(16-20)32-14-4-5-15-32/h1-3,6,8-11,16,18,22,24,29H,4-5,7,12-15,17,28H2,(H,31,33)/t22-,24?/m0/s1. The van der Waals surface area contributed by atoms with Crippen LogP contribution in [0.25, 0.3) is 11.3 Å². The molecule has 1 fully saturated rings. The van der Waals surface area contributed by atoms with E-state index in [9.17, 15) is 9.18 Å². The van der Waals surface area contributed by atoms with E-state index in [-0.39, 0.29) is 5.91 Å². The molecule has 1 amide bonds. The third-order valence-corrected chi connectivity index (χ3v) is 6.01. The van der Waals surface area contributed by atoms with Crippen LogP contribution in [-0.4, -0.2) is 43.4 Å². The van der Waals surface area contributed by atoms with Crippen LogP contribution in [0.5, 0.6) is 0 Å². The van der Waals surface area contributed by atoms with Gasteiger partial charge in [0.15, 0.2) is 5.76 Å². The Morgan fingerprint density at radius 2 is 1.94 bits per heavy atom. The molecule has 2 atom stereocenters. The zero-order valence-electron chi connectivity index (χ0n) is 19.3. The van der Waals surface area contributed by atoms with E-state index in [2.05, 4.69) is 20.5 Å². The summed E-state index contributed by atoms with van der Waals surface area (Å²) in [7, 11) is 0. The monoisotopic (exact) mass is 465 g/mol. The number of nitrogens with one attached hydrogen (secondary N) is 2. The molecular formula is C26H32FN5O2. The van der Waals surface area contributed by atoms with Crippen molar-refractivity contribution in [1.82, 2.24) is 15.6 Å². The summed E-state index contributed by atoms with van der Waals surface area (Å²) >= 11 is 0. The molecule has 1 aliphatic rings. The lowest BCUT2D eigenvalue weighted by Gasteiger charge is -2.19. The fourth-order valence-corrected chi connectivity index (χ4v) is 4.15. The minimum atomic E-state index is -0.687. The average Bonchev–Trinajstić information content (AvgIpc) is 3.59. The van der Waals surface area contributed by atoms with Gasteiger partial charge in [-0.2, -0.15) is 0 Å². The van der Waals surface area contributed by atoms with Crippen molar-refractivity contribution >= 4 is 11.6 Å². The van der Waals surface area contributed by atoms with Crippen LogP contribution in [0, 0.1) is 0 Å². The highest BCUT2D eigenvalue weighted by atomic mass is 19.1. The molecule has 2 heterocycles. The lowest BCUT2D eigenvalue weighted by Crippen LogP contribution is -2.40. The van der Waals surface area contributed by atoms with E-state index in [1.807, 2.05) is 54.6 Å². The van der Waals surface area contributed by atoms with Crippen molar-refractivity contribution in [2.75, 3.05) is 31.2 Å². The number of alkyl halides is 1. The van der Waals surface area contributed by atoms with Crippen molar-refractivity contribution in [3.05, 3.63) is 72.2 Å². The van der Waals surface area contributed by atoms with Gasteiger partial charge in [-0.05, 0) is 50.4 Å². The molecule has 34 heavy (non-hydrogen) atoms. The molecule has 4 N–H and O–H groups in total. The van der Waals surface area contributed by atoms with Crippen LogP contribution >= 0.6 is 0 Å². The van der Waals surface area contributed by atoms with E-state index < -0.39 is 18.9 Å². The smallest absolute Gasteiger partial charge is 0.252 e. The molecule has 7 nitrogen and oxygen atoms in total. The summed E-state index contributed by atoms with van der Waals surface area (Å²) in [4.78, 5) is 19.9. The maximum Gasteiger partial charge on any atom is 0.252 e. The predicted molar refractivity (Wildman–Crippen MR) is 131 cm³/mol. The van der Waals surface area contributed by atoms with Gasteiger partial charge in [0.1, 0.15) is 12.7 Å². The molecular weight excluding hydrogens is 433 g/mol. The van der Waals surface area contributed by atoms with Crippen molar-refractivity contribution in [2.45, 2.75) is 37.9 Å². The first kappa shape index (κ1) is 23.9. The first-order valence-corrected chi connectivity index (χ1v) is 11.9. The van der Waals surface area contributed by atoms with Crippen LogP contribution in [0.2, 0.25) is 0 Å². The summed E-state index contributed by atoms with van der Waals surface area (Å²) in [6, 6.07) is 17.0. The van der Waals surface area contributed by atoms with E-state index in [4.69, 9.17) is 10.2 Å². The van der Waals surface area contributed by atoms with E-state index in [1.54, 1.807) is 6.20 Å². The number of carbonyl (C=O) groups excluding carboxylic acids is 1. The molecule has 1 aromatic heterocycles. The summed E-state index contributed by atoms with van der Waals surface area (Å²) < 4.78 is 18.7. The minimum Gasteiger partial charge on any atom is -0.438 e.